The van der Waals surface area contributed by atoms with Crippen molar-refractivity contribution in [1.82, 2.24) is 10.2 Å². The molecule has 0 aliphatic carbocycles. The second kappa shape index (κ2) is 4.98. The lowest BCUT2D eigenvalue weighted by Crippen LogP contribution is -2.13. The molecule has 0 bridgehead atoms. The second-order valence-electron chi connectivity index (χ2n) is 4.09. The first-order valence-electron chi connectivity index (χ1n) is 5.57. The van der Waals surface area contributed by atoms with Gasteiger partial charge in [-0.15, -0.1) is 5.10 Å². The van der Waals surface area contributed by atoms with E-state index in [1.807, 2.05) is 6.92 Å². The molecule has 0 fully saturated rings. The van der Waals surface area contributed by atoms with Crippen molar-refractivity contribution < 1.29 is 12.8 Å². The lowest BCUT2D eigenvalue weighted by atomic mass is 10.1. The molecule has 1 unspecified atom stereocenters. The summed E-state index contributed by atoms with van der Waals surface area (Å²) >= 11 is 0. The second-order valence-corrected chi connectivity index (χ2v) is 5.77. The molecule has 0 aliphatic rings. The van der Waals surface area contributed by atoms with Gasteiger partial charge in [0.15, 0.2) is 0 Å². The third-order valence-corrected chi connectivity index (χ3v) is 3.80. The predicted molar refractivity (Wildman–Crippen MR) is 68.9 cm³/mol. The van der Waals surface area contributed by atoms with E-state index in [1.54, 1.807) is 19.1 Å². The Morgan fingerprint density at radius 1 is 1.26 bits per heavy atom. The van der Waals surface area contributed by atoms with Crippen LogP contribution in [0.4, 0.5) is 6.01 Å². The number of nitrogens with two attached hydrogens (primary N) is 1. The van der Waals surface area contributed by atoms with Crippen molar-refractivity contribution in [2.45, 2.75) is 24.8 Å². The van der Waals surface area contributed by atoms with Gasteiger partial charge in [-0.1, -0.05) is 17.2 Å². The van der Waals surface area contributed by atoms with Crippen molar-refractivity contribution in [2.75, 3.05) is 4.72 Å². The average Bonchev–Trinajstić information content (AvgIpc) is 2.74. The summed E-state index contributed by atoms with van der Waals surface area (Å²) in [4.78, 5) is 0.104. The molecule has 0 spiro atoms. The molecular weight excluding hydrogens is 268 g/mol. The summed E-state index contributed by atoms with van der Waals surface area (Å²) < 4.78 is 31.2. The number of rotatable bonds is 4. The monoisotopic (exact) mass is 282 g/mol. The molecule has 0 radical (unpaired) electrons. The SMILES string of the molecule is Cc1nnc(NS(=O)(=O)c2ccc(C(C)N)cc2)o1. The number of sulfonamides is 1. The van der Waals surface area contributed by atoms with E-state index in [9.17, 15) is 8.42 Å². The van der Waals surface area contributed by atoms with Crippen LogP contribution in [0, 0.1) is 6.92 Å². The number of aryl methyl sites for hydroxylation is 1. The molecule has 0 amide bonds. The highest BCUT2D eigenvalue weighted by atomic mass is 32.2. The fourth-order valence-corrected chi connectivity index (χ4v) is 2.39. The Hall–Kier alpha value is -1.93. The van der Waals surface area contributed by atoms with Gasteiger partial charge in [-0.2, -0.15) is 0 Å². The molecule has 0 saturated heterocycles. The molecule has 1 atom stereocenters. The number of hydrogen-bond acceptors (Lipinski definition) is 6. The summed E-state index contributed by atoms with van der Waals surface area (Å²) in [6, 6.07) is 5.97. The summed E-state index contributed by atoms with van der Waals surface area (Å²) in [5.74, 6) is 0.282. The minimum absolute atomic E-state index is 0.104. The molecule has 7 nitrogen and oxygen atoms in total. The lowest BCUT2D eigenvalue weighted by Gasteiger charge is -2.07. The molecule has 1 heterocycles. The Balaban J connectivity index is 2.24. The van der Waals surface area contributed by atoms with Crippen molar-refractivity contribution in [2.24, 2.45) is 5.73 Å². The average molecular weight is 282 g/mol. The summed E-state index contributed by atoms with van der Waals surface area (Å²) in [5, 5.41) is 7.12. The van der Waals surface area contributed by atoms with Crippen LogP contribution in [0.3, 0.4) is 0 Å². The van der Waals surface area contributed by atoms with Crippen LogP contribution in [0.1, 0.15) is 24.4 Å². The third-order valence-electron chi connectivity index (χ3n) is 2.46. The molecule has 2 rings (SSSR count). The first-order valence-corrected chi connectivity index (χ1v) is 7.05. The van der Waals surface area contributed by atoms with Crippen molar-refractivity contribution >= 4 is 16.0 Å². The molecule has 1 aromatic carbocycles. The van der Waals surface area contributed by atoms with Crippen LogP contribution in [-0.2, 0) is 10.0 Å². The van der Waals surface area contributed by atoms with Gasteiger partial charge in [0, 0.05) is 13.0 Å². The number of aromatic nitrogens is 2. The van der Waals surface area contributed by atoms with Gasteiger partial charge in [0.25, 0.3) is 10.0 Å². The summed E-state index contributed by atoms with van der Waals surface area (Å²) in [5.41, 5.74) is 6.56. The van der Waals surface area contributed by atoms with Crippen LogP contribution in [0.15, 0.2) is 33.6 Å². The molecule has 0 aliphatic heterocycles. The summed E-state index contributed by atoms with van der Waals surface area (Å²) in [7, 11) is -3.73. The Bertz CT molecular complexity index is 662. The number of nitrogens with zero attached hydrogens (tertiary/aromatic N) is 2. The predicted octanol–water partition coefficient (Wildman–Crippen LogP) is 1.20. The first-order chi connectivity index (χ1) is 8.88. The van der Waals surface area contributed by atoms with Crippen LogP contribution in [0.25, 0.3) is 0 Å². The number of benzene rings is 1. The quantitative estimate of drug-likeness (QED) is 0.871. The zero-order valence-corrected chi connectivity index (χ0v) is 11.3. The third kappa shape index (κ3) is 3.09. The highest BCUT2D eigenvalue weighted by Crippen LogP contribution is 2.17. The van der Waals surface area contributed by atoms with E-state index in [4.69, 9.17) is 10.2 Å². The van der Waals surface area contributed by atoms with E-state index >= 15 is 0 Å². The fraction of sp³-hybridized carbons (Fsp3) is 0.273. The lowest BCUT2D eigenvalue weighted by molar-refractivity contribution is 0.534. The van der Waals surface area contributed by atoms with E-state index < -0.39 is 10.0 Å². The van der Waals surface area contributed by atoms with Gasteiger partial charge in [-0.3, -0.25) is 0 Å². The van der Waals surface area contributed by atoms with Crippen LogP contribution in [-0.4, -0.2) is 18.6 Å². The van der Waals surface area contributed by atoms with Crippen molar-refractivity contribution in [3.63, 3.8) is 0 Å². The molecule has 1 aromatic heterocycles. The molecular formula is C11H14N4O3S. The molecule has 3 N–H and O–H groups in total. The maximum atomic E-state index is 12.0. The molecule has 0 saturated carbocycles. The van der Waals surface area contributed by atoms with Gasteiger partial charge < -0.3 is 10.2 Å². The highest BCUT2D eigenvalue weighted by molar-refractivity contribution is 7.92. The van der Waals surface area contributed by atoms with Crippen LogP contribution in [0.2, 0.25) is 0 Å². The zero-order valence-electron chi connectivity index (χ0n) is 10.5. The summed E-state index contributed by atoms with van der Waals surface area (Å²) in [6.07, 6.45) is 0. The summed E-state index contributed by atoms with van der Waals surface area (Å²) in [6.45, 7) is 3.39. The maximum Gasteiger partial charge on any atom is 0.329 e. The maximum absolute atomic E-state index is 12.0. The molecule has 102 valence electrons. The van der Waals surface area contributed by atoms with E-state index in [-0.39, 0.29) is 22.8 Å². The minimum atomic E-state index is -3.73. The number of hydrogen-bond donors (Lipinski definition) is 2. The Morgan fingerprint density at radius 3 is 2.37 bits per heavy atom. The van der Waals surface area contributed by atoms with Crippen LogP contribution >= 0.6 is 0 Å². The fourth-order valence-electron chi connectivity index (χ4n) is 1.46. The van der Waals surface area contributed by atoms with Gasteiger partial charge in [0.05, 0.1) is 4.90 Å². The first kappa shape index (κ1) is 13.5. The van der Waals surface area contributed by atoms with E-state index in [0.29, 0.717) is 0 Å². The Kier molecular flexibility index (Phi) is 3.54. The molecule has 19 heavy (non-hydrogen) atoms. The van der Waals surface area contributed by atoms with Crippen LogP contribution in [0.5, 0.6) is 0 Å². The standard InChI is InChI=1S/C11H14N4O3S/c1-7(12)9-3-5-10(6-4-9)19(16,17)15-11-14-13-8(2)18-11/h3-7H,12H2,1-2H3,(H,14,15). The Morgan fingerprint density at radius 2 is 1.89 bits per heavy atom. The van der Waals surface area contributed by atoms with E-state index in [1.165, 1.54) is 12.1 Å². The smallest absolute Gasteiger partial charge is 0.329 e. The van der Waals surface area contributed by atoms with Gasteiger partial charge in [-0.05, 0) is 24.6 Å². The van der Waals surface area contributed by atoms with Gasteiger partial charge in [0.1, 0.15) is 0 Å². The van der Waals surface area contributed by atoms with Crippen molar-refractivity contribution in [3.05, 3.63) is 35.7 Å². The topological polar surface area (TPSA) is 111 Å². The highest BCUT2D eigenvalue weighted by Gasteiger charge is 2.17. The zero-order chi connectivity index (χ0) is 14.0. The minimum Gasteiger partial charge on any atom is -0.408 e. The van der Waals surface area contributed by atoms with E-state index in [0.717, 1.165) is 5.56 Å². The van der Waals surface area contributed by atoms with Crippen LogP contribution < -0.4 is 10.5 Å². The number of nitrogens with one attached hydrogen (secondary N) is 1. The van der Waals surface area contributed by atoms with Gasteiger partial charge >= 0.3 is 6.01 Å². The number of anilines is 1. The van der Waals surface area contributed by atoms with Gasteiger partial charge in [-0.25, -0.2) is 13.1 Å². The molecule has 2 aromatic rings. The largest absolute Gasteiger partial charge is 0.408 e. The van der Waals surface area contributed by atoms with Crippen molar-refractivity contribution in [3.8, 4) is 0 Å². The van der Waals surface area contributed by atoms with Crippen molar-refractivity contribution in [1.29, 1.82) is 0 Å². The Labute approximate surface area is 110 Å². The van der Waals surface area contributed by atoms with E-state index in [2.05, 4.69) is 14.9 Å². The normalized spacial score (nSPS) is 13.2. The molecule has 8 heteroatoms. The van der Waals surface area contributed by atoms with Gasteiger partial charge in [0.2, 0.25) is 5.89 Å².